The molecular formula is C9H14ClF2N5O3. The molecule has 0 saturated heterocycles. The highest BCUT2D eigenvalue weighted by Gasteiger charge is 2.27. The van der Waals surface area contributed by atoms with Crippen molar-refractivity contribution in [1.29, 1.82) is 0 Å². The number of aromatic nitrogens is 2. The fourth-order valence-electron chi connectivity index (χ4n) is 1.25. The summed E-state index contributed by atoms with van der Waals surface area (Å²) in [7, 11) is 0. The summed E-state index contributed by atoms with van der Waals surface area (Å²) in [6.45, 7) is -0.608. The van der Waals surface area contributed by atoms with Gasteiger partial charge in [-0.25, -0.2) is 8.78 Å². The summed E-state index contributed by atoms with van der Waals surface area (Å²) in [5.74, 6) is -4.04. The third kappa shape index (κ3) is 5.05. The molecule has 0 aliphatic carbocycles. The Balaban J connectivity index is 0.00000361. The van der Waals surface area contributed by atoms with Crippen LogP contribution < -0.4 is 11.1 Å². The Morgan fingerprint density at radius 3 is 2.70 bits per heavy atom. The molecule has 0 spiro atoms. The molecule has 0 bridgehead atoms. The zero-order valence-electron chi connectivity index (χ0n) is 10.5. The molecule has 0 aromatic carbocycles. The normalized spacial score (nSPS) is 10.8. The number of hydrogen-bond donors (Lipinski definition) is 2. The molecule has 1 aromatic heterocycles. The molecule has 0 fully saturated rings. The van der Waals surface area contributed by atoms with Gasteiger partial charge in [0.15, 0.2) is 0 Å². The van der Waals surface area contributed by atoms with Crippen LogP contribution >= 0.6 is 12.4 Å². The van der Waals surface area contributed by atoms with Gasteiger partial charge >= 0.3 is 5.82 Å². The molecular weight excluding hydrogens is 300 g/mol. The molecule has 1 heterocycles. The molecule has 8 nitrogen and oxygen atoms in total. The number of alkyl halides is 2. The largest absolute Gasteiger partial charge is 0.381 e. The third-order valence-electron chi connectivity index (χ3n) is 2.31. The lowest BCUT2D eigenvalue weighted by molar-refractivity contribution is -0.389. The monoisotopic (exact) mass is 313 g/mol. The van der Waals surface area contributed by atoms with Gasteiger partial charge in [-0.2, -0.15) is 0 Å². The predicted octanol–water partition coefficient (Wildman–Crippen LogP) is 0.232. The van der Waals surface area contributed by atoms with Crippen molar-refractivity contribution in [1.82, 2.24) is 14.9 Å². The summed E-state index contributed by atoms with van der Waals surface area (Å²) < 4.78 is 26.8. The van der Waals surface area contributed by atoms with Crippen molar-refractivity contribution in [2.45, 2.75) is 19.4 Å². The highest BCUT2D eigenvalue weighted by Crippen LogP contribution is 2.11. The topological polar surface area (TPSA) is 116 Å². The highest BCUT2D eigenvalue weighted by atomic mass is 35.5. The maximum absolute atomic E-state index is 12.8. The summed E-state index contributed by atoms with van der Waals surface area (Å²) in [5.41, 5.74) is 4.81. The number of nitro groups is 1. The molecule has 3 N–H and O–H groups in total. The van der Waals surface area contributed by atoms with Crippen LogP contribution in [0.15, 0.2) is 6.20 Å². The molecule has 0 atom stereocenters. The van der Waals surface area contributed by atoms with E-state index in [0.29, 0.717) is 0 Å². The fourth-order valence-corrected chi connectivity index (χ4v) is 1.25. The van der Waals surface area contributed by atoms with E-state index in [1.165, 1.54) is 11.5 Å². The number of nitrogens with one attached hydrogen (secondary N) is 1. The lowest BCUT2D eigenvalue weighted by atomic mass is 10.3. The average Bonchev–Trinajstić information content (AvgIpc) is 2.69. The minimum absolute atomic E-state index is 0. The second-order valence-corrected chi connectivity index (χ2v) is 3.87. The van der Waals surface area contributed by atoms with Gasteiger partial charge in [0.25, 0.3) is 5.92 Å². The van der Waals surface area contributed by atoms with E-state index in [2.05, 4.69) is 4.98 Å². The van der Waals surface area contributed by atoms with E-state index in [0.717, 1.165) is 6.20 Å². The number of rotatable bonds is 6. The molecule has 1 amide bonds. The number of amides is 1. The van der Waals surface area contributed by atoms with E-state index in [1.54, 1.807) is 0 Å². The van der Waals surface area contributed by atoms with Crippen LogP contribution in [0.4, 0.5) is 14.6 Å². The van der Waals surface area contributed by atoms with Crippen LogP contribution in [0.5, 0.6) is 0 Å². The molecule has 114 valence electrons. The van der Waals surface area contributed by atoms with Gasteiger partial charge in [-0.05, 0) is 9.91 Å². The second-order valence-electron chi connectivity index (χ2n) is 3.87. The van der Waals surface area contributed by atoms with E-state index in [1.807, 2.05) is 5.32 Å². The van der Waals surface area contributed by atoms with E-state index in [4.69, 9.17) is 5.73 Å². The number of hydrogen-bond acceptors (Lipinski definition) is 5. The number of nitrogens with two attached hydrogens (primary N) is 1. The predicted molar refractivity (Wildman–Crippen MR) is 67.9 cm³/mol. The standard InChI is InChI=1S/C9H13F2N5O3.ClH/c1-6-14-7(16(18)19)2-15(6)3-8(17)13-5-9(10,11)4-12;/h2H,3-5,12H2,1H3,(H,13,17);1H. The first kappa shape index (κ1) is 18.2. The zero-order valence-corrected chi connectivity index (χ0v) is 11.3. The molecule has 0 aliphatic rings. The van der Waals surface area contributed by atoms with Crippen LogP contribution in [0.25, 0.3) is 0 Å². The molecule has 0 saturated carbocycles. The van der Waals surface area contributed by atoms with Gasteiger partial charge in [-0.15, -0.1) is 12.4 Å². The zero-order chi connectivity index (χ0) is 14.6. The Morgan fingerprint density at radius 2 is 2.25 bits per heavy atom. The van der Waals surface area contributed by atoms with Crippen LogP contribution in [0.2, 0.25) is 0 Å². The first-order valence-electron chi connectivity index (χ1n) is 5.28. The van der Waals surface area contributed by atoms with Crippen molar-refractivity contribution in [3.63, 3.8) is 0 Å². The molecule has 1 rings (SSSR count). The maximum Gasteiger partial charge on any atom is 0.381 e. The van der Waals surface area contributed by atoms with Crippen LogP contribution in [-0.2, 0) is 11.3 Å². The fraction of sp³-hybridized carbons (Fsp3) is 0.556. The molecule has 0 radical (unpaired) electrons. The maximum atomic E-state index is 12.8. The van der Waals surface area contributed by atoms with Crippen molar-refractivity contribution in [2.24, 2.45) is 5.73 Å². The van der Waals surface area contributed by atoms with Gasteiger partial charge in [0, 0.05) is 6.92 Å². The molecule has 20 heavy (non-hydrogen) atoms. The van der Waals surface area contributed by atoms with Crippen molar-refractivity contribution in [3.05, 3.63) is 22.1 Å². The third-order valence-corrected chi connectivity index (χ3v) is 2.31. The number of carbonyl (C=O) groups excluding carboxylic acids is 1. The quantitative estimate of drug-likeness (QED) is 0.576. The summed E-state index contributed by atoms with van der Waals surface area (Å²) in [5, 5.41) is 12.5. The van der Waals surface area contributed by atoms with Gasteiger partial charge in [0.1, 0.15) is 12.7 Å². The number of halogens is 3. The minimum Gasteiger partial charge on any atom is -0.358 e. The summed E-state index contributed by atoms with van der Waals surface area (Å²) in [4.78, 5) is 24.8. The smallest absolute Gasteiger partial charge is 0.358 e. The molecule has 11 heteroatoms. The second kappa shape index (κ2) is 7.10. The average molecular weight is 314 g/mol. The molecule has 0 aliphatic heterocycles. The van der Waals surface area contributed by atoms with Gasteiger partial charge in [-0.3, -0.25) is 9.36 Å². The Labute approximate surface area is 118 Å². The number of imidazole rings is 1. The highest BCUT2D eigenvalue weighted by molar-refractivity contribution is 5.85. The summed E-state index contributed by atoms with van der Waals surface area (Å²) >= 11 is 0. The Hall–Kier alpha value is -1.81. The van der Waals surface area contributed by atoms with Crippen LogP contribution in [0.1, 0.15) is 5.82 Å². The van der Waals surface area contributed by atoms with Crippen molar-refractivity contribution < 1.29 is 18.5 Å². The first-order chi connectivity index (χ1) is 8.75. The van der Waals surface area contributed by atoms with E-state index >= 15 is 0 Å². The van der Waals surface area contributed by atoms with E-state index in [-0.39, 0.29) is 24.8 Å². The van der Waals surface area contributed by atoms with Gasteiger partial charge in [0.05, 0.1) is 13.1 Å². The summed E-state index contributed by atoms with van der Waals surface area (Å²) in [6.07, 6.45) is 1.07. The van der Waals surface area contributed by atoms with Crippen molar-refractivity contribution in [2.75, 3.05) is 13.1 Å². The van der Waals surface area contributed by atoms with Crippen molar-refractivity contribution >= 4 is 24.1 Å². The van der Waals surface area contributed by atoms with Crippen LogP contribution in [0, 0.1) is 17.0 Å². The first-order valence-corrected chi connectivity index (χ1v) is 5.28. The number of aryl methyl sites for hydroxylation is 1. The van der Waals surface area contributed by atoms with Crippen LogP contribution in [-0.4, -0.2) is 39.4 Å². The number of carbonyl (C=O) groups is 1. The van der Waals surface area contributed by atoms with Gasteiger partial charge < -0.3 is 21.2 Å². The molecule has 0 unspecified atom stereocenters. The van der Waals surface area contributed by atoms with Gasteiger partial charge in [-0.1, -0.05) is 0 Å². The van der Waals surface area contributed by atoms with E-state index < -0.39 is 35.7 Å². The van der Waals surface area contributed by atoms with Crippen LogP contribution in [0.3, 0.4) is 0 Å². The minimum atomic E-state index is -3.17. The van der Waals surface area contributed by atoms with Crippen molar-refractivity contribution in [3.8, 4) is 0 Å². The molecule has 1 aromatic rings. The number of nitrogens with zero attached hydrogens (tertiary/aromatic N) is 3. The van der Waals surface area contributed by atoms with E-state index in [9.17, 15) is 23.7 Å². The Morgan fingerprint density at radius 1 is 1.65 bits per heavy atom. The Bertz CT molecular complexity index is 494. The Kier molecular flexibility index (Phi) is 6.46. The van der Waals surface area contributed by atoms with Gasteiger partial charge in [0.2, 0.25) is 11.7 Å². The summed E-state index contributed by atoms with van der Waals surface area (Å²) in [6, 6.07) is 0. The lowest BCUT2D eigenvalue weighted by Gasteiger charge is -2.14. The lowest BCUT2D eigenvalue weighted by Crippen LogP contribution is -2.42. The SMILES string of the molecule is Cc1nc([N+](=O)[O-])cn1CC(=O)NCC(F)(F)CN.Cl.